The van der Waals surface area contributed by atoms with Gasteiger partial charge >= 0.3 is 0 Å². The third-order valence-electron chi connectivity index (χ3n) is 3.42. The summed E-state index contributed by atoms with van der Waals surface area (Å²) in [7, 11) is -1.06. The molecule has 0 saturated carbocycles. The first-order chi connectivity index (χ1) is 10.3. The molecule has 5 nitrogen and oxygen atoms in total. The second-order valence-electron chi connectivity index (χ2n) is 6.56. The van der Waals surface area contributed by atoms with E-state index in [0.29, 0.717) is 12.5 Å². The summed E-state index contributed by atoms with van der Waals surface area (Å²) in [6.07, 6.45) is 1.76. The molecule has 0 amide bonds. The summed E-state index contributed by atoms with van der Waals surface area (Å²) in [5, 5.41) is 0. The van der Waals surface area contributed by atoms with E-state index in [9.17, 15) is 0 Å². The van der Waals surface area contributed by atoms with Crippen LogP contribution in [0, 0.1) is 10.6 Å². The predicted molar refractivity (Wildman–Crippen MR) is 101 cm³/mol. The second-order valence-corrected chi connectivity index (χ2v) is 13.2. The lowest BCUT2D eigenvalue weighted by Gasteiger charge is -2.16. The predicted octanol–water partition coefficient (Wildman–Crippen LogP) is 3.75. The van der Waals surface area contributed by atoms with Crippen LogP contribution in [0.5, 0.6) is 0 Å². The van der Waals surface area contributed by atoms with Gasteiger partial charge < -0.3 is 15.0 Å². The number of halogens is 1. The van der Waals surface area contributed by atoms with Crippen molar-refractivity contribution in [1.29, 1.82) is 0 Å². The number of nitrogens with two attached hydrogens (primary N) is 1. The lowest BCUT2D eigenvalue weighted by atomic mass is 10.2. The van der Waals surface area contributed by atoms with E-state index in [1.54, 1.807) is 12.3 Å². The first-order valence-electron chi connectivity index (χ1n) is 7.30. The number of ether oxygens (including phenoxy) is 1. The number of imidazole rings is 1. The minimum absolute atomic E-state index is 0.514. The van der Waals surface area contributed by atoms with Gasteiger partial charge in [0.2, 0.25) is 0 Å². The summed E-state index contributed by atoms with van der Waals surface area (Å²) < 4.78 is 8.97. The van der Waals surface area contributed by atoms with Gasteiger partial charge in [-0.3, -0.25) is 0 Å². The Morgan fingerprint density at radius 3 is 2.64 bits per heavy atom. The van der Waals surface area contributed by atoms with E-state index in [0.717, 1.165) is 33.4 Å². The third kappa shape index (κ3) is 4.53. The van der Waals surface area contributed by atoms with Crippen LogP contribution in [0.3, 0.4) is 0 Å². The molecule has 0 aliphatic rings. The maximum absolute atomic E-state index is 5.89. The van der Waals surface area contributed by atoms with E-state index in [4.69, 9.17) is 10.5 Å². The van der Waals surface area contributed by atoms with E-state index < -0.39 is 8.07 Å². The van der Waals surface area contributed by atoms with Crippen molar-refractivity contribution >= 4 is 36.5 Å². The molecule has 2 N–H and O–H groups in total. The van der Waals surface area contributed by atoms with Crippen molar-refractivity contribution in [2.24, 2.45) is 0 Å². The highest BCUT2D eigenvalue weighted by atomic mass is 127. The van der Waals surface area contributed by atoms with Crippen LogP contribution in [-0.2, 0) is 11.5 Å². The molecule has 0 spiro atoms. The molecule has 2 heterocycles. The molecule has 7 heteroatoms. The fraction of sp³-hybridized carbons (Fsp3) is 0.467. The molecule has 2 aromatic rings. The van der Waals surface area contributed by atoms with Crippen LogP contribution in [0.25, 0.3) is 11.4 Å². The topological polar surface area (TPSA) is 66.0 Å². The molecule has 0 aliphatic carbocycles. The first kappa shape index (κ1) is 17.4. The Hall–Kier alpha value is -0.933. The number of nitrogens with zero attached hydrogens (tertiary/aromatic N) is 3. The molecule has 2 aromatic heterocycles. The number of hydrogen-bond acceptors (Lipinski definition) is 4. The summed E-state index contributed by atoms with van der Waals surface area (Å²) in [5.41, 5.74) is 7.72. The zero-order valence-corrected chi connectivity index (χ0v) is 16.7. The Morgan fingerprint density at radius 2 is 2.05 bits per heavy atom. The Balaban J connectivity index is 2.15. The van der Waals surface area contributed by atoms with Crippen LogP contribution in [0.1, 0.15) is 5.69 Å². The number of hydrogen-bond donors (Lipinski definition) is 1. The van der Waals surface area contributed by atoms with Gasteiger partial charge in [0.05, 0.1) is 5.69 Å². The maximum atomic E-state index is 5.89. The van der Waals surface area contributed by atoms with Crippen LogP contribution in [0.2, 0.25) is 25.7 Å². The summed E-state index contributed by atoms with van der Waals surface area (Å²) in [5.74, 6) is 1.39. The van der Waals surface area contributed by atoms with Gasteiger partial charge in [-0.25, -0.2) is 9.97 Å². The highest BCUT2D eigenvalue weighted by Crippen LogP contribution is 2.23. The van der Waals surface area contributed by atoms with Crippen molar-refractivity contribution in [3.05, 3.63) is 27.7 Å². The number of anilines is 1. The van der Waals surface area contributed by atoms with Crippen molar-refractivity contribution in [3.8, 4) is 11.4 Å². The van der Waals surface area contributed by atoms with Gasteiger partial charge in [0.25, 0.3) is 0 Å². The minimum Gasteiger partial charge on any atom is -0.384 e. The van der Waals surface area contributed by atoms with Crippen LogP contribution in [0.4, 0.5) is 5.82 Å². The Morgan fingerprint density at radius 1 is 1.32 bits per heavy atom. The first-order valence-corrected chi connectivity index (χ1v) is 12.1. The minimum atomic E-state index is -1.06. The zero-order chi connectivity index (χ0) is 16.3. The molecule has 0 fully saturated rings. The number of aromatic nitrogens is 3. The van der Waals surface area contributed by atoms with Crippen LogP contribution in [0.15, 0.2) is 18.3 Å². The number of pyridine rings is 1. The van der Waals surface area contributed by atoms with Crippen molar-refractivity contribution in [1.82, 2.24) is 14.5 Å². The van der Waals surface area contributed by atoms with E-state index >= 15 is 0 Å². The maximum Gasteiger partial charge on any atom is 0.144 e. The van der Waals surface area contributed by atoms with Crippen molar-refractivity contribution in [2.75, 3.05) is 12.3 Å². The molecular weight excluding hydrogens is 407 g/mol. The molecule has 0 bridgehead atoms. The molecule has 2 rings (SSSR count). The summed E-state index contributed by atoms with van der Waals surface area (Å²) in [4.78, 5) is 8.79. The molecule has 0 atom stereocenters. The number of rotatable bonds is 6. The Kier molecular flexibility index (Phi) is 5.62. The van der Waals surface area contributed by atoms with E-state index in [1.807, 2.05) is 6.07 Å². The highest BCUT2D eigenvalue weighted by Gasteiger charge is 2.15. The van der Waals surface area contributed by atoms with E-state index in [-0.39, 0.29) is 0 Å². The lowest BCUT2D eigenvalue weighted by Crippen LogP contribution is -2.22. The van der Waals surface area contributed by atoms with Gasteiger partial charge in [-0.2, -0.15) is 0 Å². The van der Waals surface area contributed by atoms with Gasteiger partial charge in [0.15, 0.2) is 0 Å². The quantitative estimate of drug-likeness (QED) is 0.431. The summed E-state index contributed by atoms with van der Waals surface area (Å²) in [6, 6.07) is 4.90. The third-order valence-corrected chi connectivity index (χ3v) is 6.15. The SMILES string of the molecule is Cc1c(I)nc(-c2ccc(N)nc2)n1COCC[Si](C)(C)C. The molecular formula is C15H23IN4OSi. The molecule has 0 aliphatic heterocycles. The van der Waals surface area contributed by atoms with Gasteiger partial charge in [0.1, 0.15) is 22.1 Å². The molecule has 120 valence electrons. The van der Waals surface area contributed by atoms with Gasteiger partial charge in [-0.1, -0.05) is 19.6 Å². The highest BCUT2D eigenvalue weighted by molar-refractivity contribution is 14.1. The standard InChI is InChI=1S/C15H23IN4OSi/c1-11-14(16)19-15(12-5-6-13(17)18-9-12)20(11)10-21-7-8-22(2,3)4/h5-6,9H,7-8,10H2,1-4H3,(H2,17,18). The van der Waals surface area contributed by atoms with Crippen molar-refractivity contribution < 1.29 is 4.74 Å². The second kappa shape index (κ2) is 7.09. The molecule has 22 heavy (non-hydrogen) atoms. The average molecular weight is 430 g/mol. The largest absolute Gasteiger partial charge is 0.384 e. The van der Waals surface area contributed by atoms with Crippen molar-refractivity contribution in [3.63, 3.8) is 0 Å². The molecule has 0 radical (unpaired) electrons. The van der Waals surface area contributed by atoms with Gasteiger partial charge in [-0.15, -0.1) is 0 Å². The van der Waals surface area contributed by atoms with Crippen LogP contribution < -0.4 is 5.73 Å². The van der Waals surface area contributed by atoms with E-state index in [2.05, 4.69) is 63.7 Å². The van der Waals surface area contributed by atoms with Crippen molar-refractivity contribution in [2.45, 2.75) is 39.3 Å². The molecule has 0 aromatic carbocycles. The van der Waals surface area contributed by atoms with E-state index in [1.165, 1.54) is 0 Å². The van der Waals surface area contributed by atoms with Crippen LogP contribution >= 0.6 is 22.6 Å². The fourth-order valence-electron chi connectivity index (χ4n) is 1.95. The summed E-state index contributed by atoms with van der Waals surface area (Å²) in [6.45, 7) is 10.4. The molecule has 0 unspecified atom stereocenters. The lowest BCUT2D eigenvalue weighted by molar-refractivity contribution is 0.0870. The fourth-order valence-corrected chi connectivity index (χ4v) is 3.23. The monoisotopic (exact) mass is 430 g/mol. The van der Waals surface area contributed by atoms with Crippen LogP contribution in [-0.4, -0.2) is 29.2 Å². The smallest absolute Gasteiger partial charge is 0.144 e. The molecule has 0 saturated heterocycles. The summed E-state index contributed by atoms with van der Waals surface area (Å²) >= 11 is 2.25. The Labute approximate surface area is 146 Å². The van der Waals surface area contributed by atoms with Gasteiger partial charge in [-0.05, 0) is 47.7 Å². The Bertz CT molecular complexity index is 634. The average Bonchev–Trinajstić information content (AvgIpc) is 2.71. The van der Waals surface area contributed by atoms with Gasteiger partial charge in [0, 0.05) is 26.4 Å². The number of nitrogen functional groups attached to an aromatic ring is 1. The normalized spacial score (nSPS) is 11.9. The zero-order valence-electron chi connectivity index (χ0n) is 13.6.